The van der Waals surface area contributed by atoms with Gasteiger partial charge in [0.05, 0.1) is 23.7 Å². The van der Waals surface area contributed by atoms with Gasteiger partial charge in [-0.05, 0) is 42.3 Å². The van der Waals surface area contributed by atoms with Gasteiger partial charge in [0.25, 0.3) is 5.88 Å². The second kappa shape index (κ2) is 12.4. The quantitative estimate of drug-likeness (QED) is 0.167. The van der Waals surface area contributed by atoms with Gasteiger partial charge in [-0.15, -0.1) is 0 Å². The molecule has 0 aliphatic carbocycles. The predicted octanol–water partition coefficient (Wildman–Crippen LogP) is 2.53. The van der Waals surface area contributed by atoms with Gasteiger partial charge in [0.15, 0.2) is 11.6 Å². The van der Waals surface area contributed by atoms with Crippen molar-refractivity contribution in [2.75, 3.05) is 30.5 Å². The van der Waals surface area contributed by atoms with E-state index in [-0.39, 0.29) is 65.8 Å². The van der Waals surface area contributed by atoms with Gasteiger partial charge in [-0.25, -0.2) is 4.98 Å². The Bertz CT molecular complexity index is 1780. The number of carbonyl (C=O) groups excluding carboxylic acids is 3. The van der Waals surface area contributed by atoms with E-state index in [9.17, 15) is 19.6 Å². The highest BCUT2D eigenvalue weighted by atomic mass is 16.5. The average molecular weight is 597 g/mol. The first-order valence-electron chi connectivity index (χ1n) is 13.4. The minimum atomic E-state index is -0.830. The lowest BCUT2D eigenvalue weighted by Crippen LogP contribution is -2.40. The smallest absolute Gasteiger partial charge is 0.327 e. The van der Waals surface area contributed by atoms with Crippen molar-refractivity contribution in [2.45, 2.75) is 25.3 Å². The maximum Gasteiger partial charge on any atom is 0.327 e. The summed E-state index contributed by atoms with van der Waals surface area (Å²) >= 11 is 0. The summed E-state index contributed by atoms with van der Waals surface area (Å²) in [5.41, 5.74) is 13.3. The van der Waals surface area contributed by atoms with Crippen LogP contribution in [0.25, 0.3) is 11.4 Å². The topological polar surface area (TPSA) is 227 Å². The Hall–Kier alpha value is -6.17. The monoisotopic (exact) mass is 596 g/mol. The van der Waals surface area contributed by atoms with Crippen LogP contribution in [0.3, 0.4) is 0 Å². The molecule has 15 nitrogen and oxygen atoms in total. The molecule has 1 unspecified atom stereocenters. The number of carbonyl (C=O) groups is 3. The fraction of sp³-hybridized carbons (Fsp3) is 0.207. The van der Waals surface area contributed by atoms with Crippen LogP contribution in [0.1, 0.15) is 24.0 Å². The summed E-state index contributed by atoms with van der Waals surface area (Å²) in [6.45, 7) is 0. The molecule has 5 rings (SSSR count). The average Bonchev–Trinajstić information content (AvgIpc) is 3.53. The van der Waals surface area contributed by atoms with Gasteiger partial charge in [0, 0.05) is 44.5 Å². The number of nitrogens with one attached hydrogen (secondary N) is 3. The zero-order valence-corrected chi connectivity index (χ0v) is 23.7. The van der Waals surface area contributed by atoms with Gasteiger partial charge in [-0.3, -0.25) is 14.4 Å². The van der Waals surface area contributed by atoms with E-state index >= 15 is 0 Å². The third-order valence-electron chi connectivity index (χ3n) is 6.56. The van der Waals surface area contributed by atoms with Gasteiger partial charge in [0.2, 0.25) is 17.7 Å². The predicted molar refractivity (Wildman–Crippen MR) is 159 cm³/mol. The van der Waals surface area contributed by atoms with Crippen LogP contribution in [0.15, 0.2) is 48.8 Å². The van der Waals surface area contributed by atoms with Crippen LogP contribution in [0.5, 0.6) is 23.4 Å². The van der Waals surface area contributed by atoms with E-state index < -0.39 is 17.9 Å². The SMILES string of the molecule is CN(C)C(=O)Cc1cc(Oc2nc(Oc3cc(C#N)ccc3N)nc3c2NC(=O)C(CCC(N)=O)N3)cc(-c2ncc[nH]2)c1. The lowest BCUT2D eigenvalue weighted by molar-refractivity contribution is -0.128. The number of amides is 3. The summed E-state index contributed by atoms with van der Waals surface area (Å²) in [5, 5.41) is 15.1. The molecule has 1 aliphatic heterocycles. The van der Waals surface area contributed by atoms with Crippen LogP contribution >= 0.6 is 0 Å². The number of aromatic amines is 1. The number of primary amides is 1. The number of fused-ring (bicyclic) bond motifs is 1. The molecule has 44 heavy (non-hydrogen) atoms. The molecule has 7 N–H and O–H groups in total. The molecule has 0 saturated heterocycles. The molecule has 0 bridgehead atoms. The van der Waals surface area contributed by atoms with Gasteiger partial charge in [-0.1, -0.05) is 0 Å². The number of rotatable bonds is 10. The number of nitrogen functional groups attached to an aromatic ring is 1. The minimum Gasteiger partial charge on any atom is -0.437 e. The Morgan fingerprint density at radius 2 is 1.95 bits per heavy atom. The summed E-state index contributed by atoms with van der Waals surface area (Å²) in [6.07, 6.45) is 3.43. The molecule has 15 heteroatoms. The fourth-order valence-corrected chi connectivity index (χ4v) is 4.30. The zero-order chi connectivity index (χ0) is 31.4. The number of nitriles is 1. The van der Waals surface area contributed by atoms with E-state index in [1.54, 1.807) is 38.6 Å². The minimum absolute atomic E-state index is 0.0380. The number of benzene rings is 2. The lowest BCUT2D eigenvalue weighted by atomic mass is 10.1. The number of anilines is 3. The Kier molecular flexibility index (Phi) is 8.24. The summed E-state index contributed by atoms with van der Waals surface area (Å²) in [5.74, 6) is -0.119. The molecule has 0 radical (unpaired) electrons. The molecular formula is C29H28N10O5. The molecule has 3 amide bonds. The highest BCUT2D eigenvalue weighted by molar-refractivity contribution is 6.03. The largest absolute Gasteiger partial charge is 0.437 e. The molecule has 224 valence electrons. The van der Waals surface area contributed by atoms with Crippen molar-refractivity contribution in [1.82, 2.24) is 24.8 Å². The number of hydrogen-bond donors (Lipinski definition) is 5. The lowest BCUT2D eigenvalue weighted by Gasteiger charge is -2.27. The highest BCUT2D eigenvalue weighted by Crippen LogP contribution is 2.40. The van der Waals surface area contributed by atoms with E-state index in [0.29, 0.717) is 22.5 Å². The van der Waals surface area contributed by atoms with Crippen molar-refractivity contribution in [3.05, 3.63) is 59.9 Å². The summed E-state index contributed by atoms with van der Waals surface area (Å²) in [4.78, 5) is 54.5. The van der Waals surface area contributed by atoms with Crippen molar-refractivity contribution < 1.29 is 23.9 Å². The van der Waals surface area contributed by atoms with Crippen molar-refractivity contribution in [1.29, 1.82) is 5.26 Å². The van der Waals surface area contributed by atoms with Crippen LogP contribution in [0.4, 0.5) is 17.2 Å². The molecule has 1 atom stereocenters. The number of H-pyrrole nitrogens is 1. The van der Waals surface area contributed by atoms with E-state index in [2.05, 4.69) is 30.6 Å². The van der Waals surface area contributed by atoms with Crippen molar-refractivity contribution in [3.63, 3.8) is 0 Å². The number of likely N-dealkylation sites (N-methyl/N-ethyl adjacent to an activating group) is 1. The van der Waals surface area contributed by atoms with Crippen LogP contribution in [-0.4, -0.2) is 62.7 Å². The Balaban J connectivity index is 1.57. The maximum absolute atomic E-state index is 12.9. The van der Waals surface area contributed by atoms with Crippen molar-refractivity contribution >= 4 is 34.9 Å². The second-order valence-electron chi connectivity index (χ2n) is 10.1. The zero-order valence-electron chi connectivity index (χ0n) is 23.7. The molecule has 2 aromatic carbocycles. The standard InChI is InChI=1S/C29H28N10O5/c1-39(2)23(41)12-16-9-17(25-33-7-8-34-25)13-18(10-16)43-28-24-26(35-20(27(42)36-24)5-6-22(32)40)37-29(38-28)44-21-11-15(14-30)3-4-19(21)31/h3-4,7-11,13,20H,5-6,12,31H2,1-2H3,(H2,32,40)(H,33,34)(H,36,42)(H,35,37,38). The molecule has 2 aromatic heterocycles. The van der Waals surface area contributed by atoms with E-state index in [0.717, 1.165) is 0 Å². The van der Waals surface area contributed by atoms with Gasteiger partial charge < -0.3 is 41.5 Å². The molecule has 0 spiro atoms. The third kappa shape index (κ3) is 6.65. The number of nitrogens with zero attached hydrogens (tertiary/aromatic N) is 5. The number of ether oxygens (including phenoxy) is 2. The number of nitrogens with two attached hydrogens (primary N) is 2. The van der Waals surface area contributed by atoms with Gasteiger partial charge in [0.1, 0.15) is 23.3 Å². The van der Waals surface area contributed by atoms with E-state index in [1.807, 2.05) is 12.1 Å². The van der Waals surface area contributed by atoms with Crippen LogP contribution < -0.4 is 31.6 Å². The first kappa shape index (κ1) is 29.3. The molecule has 3 heterocycles. The maximum atomic E-state index is 12.9. The van der Waals surface area contributed by atoms with E-state index in [1.165, 1.54) is 23.1 Å². The second-order valence-corrected chi connectivity index (χ2v) is 10.1. The highest BCUT2D eigenvalue weighted by Gasteiger charge is 2.31. The number of aromatic nitrogens is 4. The summed E-state index contributed by atoms with van der Waals surface area (Å²) < 4.78 is 12.1. The first-order valence-corrected chi connectivity index (χ1v) is 13.4. The van der Waals surface area contributed by atoms with Crippen LogP contribution in [0, 0.1) is 11.3 Å². The molecular weight excluding hydrogens is 568 g/mol. The van der Waals surface area contributed by atoms with Crippen LogP contribution in [-0.2, 0) is 20.8 Å². The van der Waals surface area contributed by atoms with Gasteiger partial charge >= 0.3 is 6.01 Å². The Labute approximate surface area is 251 Å². The van der Waals surface area contributed by atoms with Gasteiger partial charge in [-0.2, -0.15) is 15.2 Å². The first-order chi connectivity index (χ1) is 21.1. The fourth-order valence-electron chi connectivity index (χ4n) is 4.30. The van der Waals surface area contributed by atoms with Crippen molar-refractivity contribution in [2.24, 2.45) is 5.73 Å². The third-order valence-corrected chi connectivity index (χ3v) is 6.56. The Morgan fingerprint density at radius 1 is 1.14 bits per heavy atom. The normalized spacial score (nSPS) is 13.6. The Morgan fingerprint density at radius 3 is 2.66 bits per heavy atom. The van der Waals surface area contributed by atoms with Crippen molar-refractivity contribution in [3.8, 4) is 40.8 Å². The molecule has 0 fully saturated rings. The number of hydrogen-bond acceptors (Lipinski definition) is 11. The summed E-state index contributed by atoms with van der Waals surface area (Å²) in [6, 6.07) is 10.6. The molecule has 0 saturated carbocycles. The number of imidazole rings is 1. The van der Waals surface area contributed by atoms with E-state index in [4.69, 9.17) is 20.9 Å². The summed E-state index contributed by atoms with van der Waals surface area (Å²) in [7, 11) is 3.33. The molecule has 4 aromatic rings. The molecule has 1 aliphatic rings. The van der Waals surface area contributed by atoms with Crippen LogP contribution in [0.2, 0.25) is 0 Å².